The Bertz CT molecular complexity index is 2980. The molecule has 0 radical (unpaired) electrons. The summed E-state index contributed by atoms with van der Waals surface area (Å²) in [5.74, 6) is 1.52. The standard InChI is InChI=1S/C55H42N2/c1-55(2)48-19-11-9-17-43(48)44-30-28-41(34-49(44)55)56(38-13-5-3-6-14-38)40-26-23-35(24-27-40)42-29-25-36-21-22-37-33-51-54(47-32-31-45(42)52(36)53(37)47)46-18-10-12-20-50(46)57(51)39-15-7-4-8-16-39/h3-34,36,43,48,52H,1-2H3. The molecular weight excluding hydrogens is 689 g/mol. The van der Waals surface area contributed by atoms with Crippen LogP contribution in [0.25, 0.3) is 45.2 Å². The Hall–Kier alpha value is -6.64. The highest BCUT2D eigenvalue weighted by atomic mass is 15.1. The predicted octanol–water partition coefficient (Wildman–Crippen LogP) is 14.1. The molecule has 4 unspecified atom stereocenters. The number of aromatic nitrogens is 1. The van der Waals surface area contributed by atoms with Crippen LogP contribution in [0.3, 0.4) is 0 Å². The van der Waals surface area contributed by atoms with Crippen LogP contribution < -0.4 is 4.90 Å². The van der Waals surface area contributed by atoms with Crippen LogP contribution in [0.5, 0.6) is 0 Å². The molecule has 6 aromatic carbocycles. The topological polar surface area (TPSA) is 8.17 Å². The minimum Gasteiger partial charge on any atom is -0.310 e. The van der Waals surface area contributed by atoms with Crippen molar-refractivity contribution < 1.29 is 0 Å². The molecule has 272 valence electrons. The molecule has 2 heteroatoms. The maximum absolute atomic E-state index is 2.46. The highest BCUT2D eigenvalue weighted by Crippen LogP contribution is 2.55. The third-order valence-corrected chi connectivity index (χ3v) is 13.6. The van der Waals surface area contributed by atoms with Gasteiger partial charge in [0.2, 0.25) is 0 Å². The molecule has 5 aliphatic carbocycles. The van der Waals surface area contributed by atoms with E-state index >= 15 is 0 Å². The number of para-hydroxylation sites is 3. The third kappa shape index (κ3) is 4.71. The molecule has 12 rings (SSSR count). The maximum atomic E-state index is 2.46. The molecule has 0 amide bonds. The Morgan fingerprint density at radius 3 is 2.16 bits per heavy atom. The Morgan fingerprint density at radius 2 is 1.32 bits per heavy atom. The molecule has 0 saturated carbocycles. The quantitative estimate of drug-likeness (QED) is 0.171. The number of allylic oxidation sites excluding steroid dienone is 10. The van der Waals surface area contributed by atoms with Gasteiger partial charge >= 0.3 is 0 Å². The molecule has 4 atom stereocenters. The minimum absolute atomic E-state index is 0.0492. The molecule has 57 heavy (non-hydrogen) atoms. The smallest absolute Gasteiger partial charge is 0.0553 e. The third-order valence-electron chi connectivity index (χ3n) is 13.6. The van der Waals surface area contributed by atoms with E-state index in [1.54, 1.807) is 0 Å². The summed E-state index contributed by atoms with van der Waals surface area (Å²) in [5.41, 5.74) is 18.3. The van der Waals surface area contributed by atoms with Gasteiger partial charge in [-0.3, -0.25) is 0 Å². The average molecular weight is 731 g/mol. The van der Waals surface area contributed by atoms with Crippen molar-refractivity contribution in [1.29, 1.82) is 0 Å². The second-order valence-corrected chi connectivity index (χ2v) is 16.9. The Morgan fingerprint density at radius 1 is 0.596 bits per heavy atom. The summed E-state index contributed by atoms with van der Waals surface area (Å²) in [6.07, 6.45) is 23.7. The average Bonchev–Trinajstić information content (AvgIpc) is 3.71. The van der Waals surface area contributed by atoms with E-state index in [-0.39, 0.29) is 11.3 Å². The number of nitrogens with zero attached hydrogens (tertiary/aromatic N) is 2. The fraction of sp³-hybridized carbons (Fsp3) is 0.127. The zero-order valence-electron chi connectivity index (χ0n) is 32.2. The Balaban J connectivity index is 0.965. The van der Waals surface area contributed by atoms with Crippen molar-refractivity contribution in [1.82, 2.24) is 4.57 Å². The number of benzene rings is 6. The van der Waals surface area contributed by atoms with Crippen LogP contribution in [0, 0.1) is 11.8 Å². The van der Waals surface area contributed by atoms with Crippen LogP contribution in [0.2, 0.25) is 0 Å². The number of fused-ring (bicyclic) bond motifs is 7. The number of rotatable bonds is 5. The van der Waals surface area contributed by atoms with Crippen molar-refractivity contribution in [2.75, 3.05) is 4.90 Å². The number of anilines is 3. The summed E-state index contributed by atoms with van der Waals surface area (Å²) in [5, 5.41) is 2.65. The molecule has 0 bridgehead atoms. The zero-order chi connectivity index (χ0) is 37.8. The van der Waals surface area contributed by atoms with E-state index in [0.29, 0.717) is 17.8 Å². The summed E-state index contributed by atoms with van der Waals surface area (Å²) < 4.78 is 2.44. The van der Waals surface area contributed by atoms with Gasteiger partial charge < -0.3 is 9.47 Å². The van der Waals surface area contributed by atoms with Gasteiger partial charge in [0.25, 0.3) is 0 Å². The largest absolute Gasteiger partial charge is 0.310 e. The van der Waals surface area contributed by atoms with Crippen LogP contribution in [-0.4, -0.2) is 4.57 Å². The van der Waals surface area contributed by atoms with Crippen molar-refractivity contribution in [2.24, 2.45) is 11.8 Å². The van der Waals surface area contributed by atoms with Crippen molar-refractivity contribution in [3.63, 3.8) is 0 Å². The van der Waals surface area contributed by atoms with E-state index in [1.165, 1.54) is 77.7 Å². The Kier molecular flexibility index (Phi) is 6.96. The van der Waals surface area contributed by atoms with E-state index in [9.17, 15) is 0 Å². The lowest BCUT2D eigenvalue weighted by atomic mass is 9.66. The summed E-state index contributed by atoms with van der Waals surface area (Å²) >= 11 is 0. The van der Waals surface area contributed by atoms with E-state index in [2.05, 4.69) is 218 Å². The summed E-state index contributed by atoms with van der Waals surface area (Å²) in [6, 6.07) is 49.4. The molecule has 0 aliphatic heterocycles. The van der Waals surface area contributed by atoms with Crippen molar-refractivity contribution >= 4 is 56.6 Å². The lowest BCUT2D eigenvalue weighted by Gasteiger charge is -2.37. The molecule has 0 N–H and O–H groups in total. The summed E-state index contributed by atoms with van der Waals surface area (Å²) in [6.45, 7) is 4.83. The first kappa shape index (κ1) is 32.6. The highest BCUT2D eigenvalue weighted by Gasteiger charge is 2.44. The van der Waals surface area contributed by atoms with Gasteiger partial charge in [0.05, 0.1) is 11.0 Å². The maximum Gasteiger partial charge on any atom is 0.0553 e. The monoisotopic (exact) mass is 730 g/mol. The van der Waals surface area contributed by atoms with Crippen LogP contribution in [0.4, 0.5) is 17.1 Å². The second kappa shape index (κ2) is 12.2. The lowest BCUT2D eigenvalue weighted by Crippen LogP contribution is -2.24. The molecule has 5 aliphatic rings. The Labute approximate surface area is 334 Å². The van der Waals surface area contributed by atoms with Gasteiger partial charge in [0, 0.05) is 51.3 Å². The van der Waals surface area contributed by atoms with E-state index < -0.39 is 0 Å². The molecular formula is C55H42N2. The molecule has 2 nitrogen and oxygen atoms in total. The molecule has 0 saturated heterocycles. The number of hydrogen-bond donors (Lipinski definition) is 0. The SMILES string of the molecule is CC1(C)c2cc(N(c3ccccc3)c3ccc(C4=C5C=Cc6c7c(cc8c6c6ccccc6n8-c6ccccc6)C=CC(C=C4)C57)cc3)ccc2C2C=CC=CC21. The van der Waals surface area contributed by atoms with Crippen LogP contribution in [0.15, 0.2) is 188 Å². The first-order chi connectivity index (χ1) is 28.0. The minimum atomic E-state index is 0.0492. The van der Waals surface area contributed by atoms with Gasteiger partial charge in [-0.1, -0.05) is 147 Å². The van der Waals surface area contributed by atoms with Gasteiger partial charge in [-0.15, -0.1) is 0 Å². The first-order valence-corrected chi connectivity index (χ1v) is 20.4. The second-order valence-electron chi connectivity index (χ2n) is 16.9. The first-order valence-electron chi connectivity index (χ1n) is 20.4. The molecule has 0 spiro atoms. The highest BCUT2D eigenvalue weighted by molar-refractivity contribution is 6.15. The predicted molar refractivity (Wildman–Crippen MR) is 240 cm³/mol. The van der Waals surface area contributed by atoms with Gasteiger partial charge in [-0.05, 0) is 117 Å². The lowest BCUT2D eigenvalue weighted by molar-refractivity contribution is 0.394. The van der Waals surface area contributed by atoms with Crippen molar-refractivity contribution in [3.8, 4) is 5.69 Å². The van der Waals surface area contributed by atoms with Crippen LogP contribution >= 0.6 is 0 Å². The van der Waals surface area contributed by atoms with E-state index in [4.69, 9.17) is 0 Å². The van der Waals surface area contributed by atoms with E-state index in [1.807, 2.05) is 0 Å². The van der Waals surface area contributed by atoms with Gasteiger partial charge in [-0.2, -0.15) is 0 Å². The normalized spacial score (nSPS) is 21.6. The fourth-order valence-electron chi connectivity index (χ4n) is 11.0. The summed E-state index contributed by atoms with van der Waals surface area (Å²) in [7, 11) is 0. The van der Waals surface area contributed by atoms with Gasteiger partial charge in [0.1, 0.15) is 0 Å². The van der Waals surface area contributed by atoms with Gasteiger partial charge in [-0.25, -0.2) is 0 Å². The van der Waals surface area contributed by atoms with E-state index in [0.717, 1.165) is 11.4 Å². The van der Waals surface area contributed by atoms with Crippen LogP contribution in [0.1, 0.15) is 59.1 Å². The molecule has 0 fully saturated rings. The summed E-state index contributed by atoms with van der Waals surface area (Å²) in [4.78, 5) is 2.42. The number of hydrogen-bond acceptors (Lipinski definition) is 1. The van der Waals surface area contributed by atoms with Gasteiger partial charge in [0.15, 0.2) is 0 Å². The molecule has 1 aromatic heterocycles. The molecule has 7 aromatic rings. The van der Waals surface area contributed by atoms with Crippen LogP contribution in [-0.2, 0) is 5.41 Å². The fourth-order valence-corrected chi connectivity index (χ4v) is 11.0. The van der Waals surface area contributed by atoms with Crippen molar-refractivity contribution in [2.45, 2.75) is 31.1 Å². The molecule has 1 heterocycles. The zero-order valence-corrected chi connectivity index (χ0v) is 32.2. The van der Waals surface area contributed by atoms with Crippen molar-refractivity contribution in [3.05, 3.63) is 221 Å².